The summed E-state index contributed by atoms with van der Waals surface area (Å²) >= 11 is 0. The van der Waals surface area contributed by atoms with Gasteiger partial charge in [0.2, 0.25) is 0 Å². The second-order valence-electron chi connectivity index (χ2n) is 7.65. The third kappa shape index (κ3) is 6.46. The molecular formula is C21H33NO2. The molecule has 0 amide bonds. The van der Waals surface area contributed by atoms with E-state index in [2.05, 4.69) is 38.8 Å². The Hall–Kier alpha value is -1.64. The number of carboxylic acids is 1. The summed E-state index contributed by atoms with van der Waals surface area (Å²) in [5, 5.41) is 8.85. The molecule has 0 aromatic carbocycles. The van der Waals surface area contributed by atoms with Gasteiger partial charge < -0.3 is 5.11 Å². The summed E-state index contributed by atoms with van der Waals surface area (Å²) in [5.41, 5.74) is 5.64. The summed E-state index contributed by atoms with van der Waals surface area (Å²) in [4.78, 5) is 14.9. The third-order valence-corrected chi connectivity index (χ3v) is 4.93. The van der Waals surface area contributed by atoms with Gasteiger partial charge in [0, 0.05) is 5.71 Å². The van der Waals surface area contributed by atoms with Gasteiger partial charge in [-0.1, -0.05) is 42.7 Å². The molecule has 0 bridgehead atoms. The molecule has 1 rings (SSSR count). The summed E-state index contributed by atoms with van der Waals surface area (Å²) in [6.07, 6.45) is 12.0. The van der Waals surface area contributed by atoms with Crippen molar-refractivity contribution in [1.82, 2.24) is 0 Å². The molecule has 1 atom stereocenters. The van der Waals surface area contributed by atoms with Gasteiger partial charge >= 0.3 is 5.97 Å². The number of nitrogens with zero attached hydrogens (tertiary/aromatic N) is 1. The van der Waals surface area contributed by atoms with Crippen molar-refractivity contribution in [1.29, 1.82) is 0 Å². The lowest BCUT2D eigenvalue weighted by molar-refractivity contribution is -0.137. The minimum Gasteiger partial charge on any atom is -0.480 e. The smallest absolute Gasteiger partial charge is 0.328 e. The molecule has 0 heterocycles. The molecule has 0 radical (unpaired) electrons. The highest BCUT2D eigenvalue weighted by molar-refractivity contribution is 5.94. The van der Waals surface area contributed by atoms with Crippen LogP contribution in [0.5, 0.6) is 0 Å². The predicted molar refractivity (Wildman–Crippen MR) is 103 cm³/mol. The van der Waals surface area contributed by atoms with Crippen LogP contribution < -0.4 is 0 Å². The molecule has 0 spiro atoms. The Balaban J connectivity index is 2.62. The number of aliphatic carboxylic acids is 1. The van der Waals surface area contributed by atoms with Crippen LogP contribution in [0.25, 0.3) is 0 Å². The summed E-state index contributed by atoms with van der Waals surface area (Å²) in [6, 6.07) is -0.692. The Morgan fingerprint density at radius 1 is 1.38 bits per heavy atom. The van der Waals surface area contributed by atoms with Crippen molar-refractivity contribution in [2.75, 3.05) is 0 Å². The van der Waals surface area contributed by atoms with Gasteiger partial charge in [0.15, 0.2) is 0 Å². The van der Waals surface area contributed by atoms with Crippen molar-refractivity contribution in [2.45, 2.75) is 79.7 Å². The largest absolute Gasteiger partial charge is 0.480 e. The highest BCUT2D eigenvalue weighted by Crippen LogP contribution is 2.42. The molecule has 0 saturated carbocycles. The van der Waals surface area contributed by atoms with E-state index in [1.807, 2.05) is 19.1 Å². The maximum absolute atomic E-state index is 10.8. The lowest BCUT2D eigenvalue weighted by Crippen LogP contribution is -2.20. The first kappa shape index (κ1) is 20.4. The second-order valence-corrected chi connectivity index (χ2v) is 7.65. The average Bonchev–Trinajstić information content (AvgIpc) is 2.45. The van der Waals surface area contributed by atoms with Gasteiger partial charge in [-0.25, -0.2) is 4.79 Å². The summed E-state index contributed by atoms with van der Waals surface area (Å²) < 4.78 is 0. The van der Waals surface area contributed by atoms with Gasteiger partial charge in [-0.05, 0) is 71.3 Å². The van der Waals surface area contributed by atoms with Crippen LogP contribution >= 0.6 is 0 Å². The quantitative estimate of drug-likeness (QED) is 0.368. The van der Waals surface area contributed by atoms with Gasteiger partial charge in [0.25, 0.3) is 0 Å². The van der Waals surface area contributed by atoms with Gasteiger partial charge in [-0.15, -0.1) is 0 Å². The molecule has 0 aromatic heterocycles. The normalized spacial score (nSPS) is 20.6. The Bertz CT molecular complexity index is 577. The van der Waals surface area contributed by atoms with E-state index in [4.69, 9.17) is 5.11 Å². The van der Waals surface area contributed by atoms with Gasteiger partial charge in [-0.3, -0.25) is 4.99 Å². The molecule has 0 fully saturated rings. The molecule has 3 nitrogen and oxygen atoms in total. The predicted octanol–water partition coefficient (Wildman–Crippen LogP) is 5.73. The van der Waals surface area contributed by atoms with Crippen molar-refractivity contribution >= 4 is 11.7 Å². The highest BCUT2D eigenvalue weighted by Gasteiger charge is 2.27. The molecular weight excluding hydrogens is 298 g/mol. The Morgan fingerprint density at radius 3 is 2.62 bits per heavy atom. The Labute approximate surface area is 147 Å². The van der Waals surface area contributed by atoms with E-state index in [0.717, 1.165) is 18.6 Å². The van der Waals surface area contributed by atoms with E-state index in [1.165, 1.54) is 24.8 Å². The summed E-state index contributed by atoms with van der Waals surface area (Å²) in [7, 11) is 0. The van der Waals surface area contributed by atoms with Gasteiger partial charge in [-0.2, -0.15) is 0 Å². The van der Waals surface area contributed by atoms with E-state index in [0.29, 0.717) is 5.41 Å². The molecule has 24 heavy (non-hydrogen) atoms. The number of allylic oxidation sites excluding steroid dienone is 6. The Kier molecular flexibility index (Phi) is 7.65. The lowest BCUT2D eigenvalue weighted by atomic mass is 9.71. The van der Waals surface area contributed by atoms with Crippen LogP contribution in [0.3, 0.4) is 0 Å². The molecule has 1 N–H and O–H groups in total. The fraction of sp³-hybridized carbons (Fsp3) is 0.619. The third-order valence-electron chi connectivity index (χ3n) is 4.93. The van der Waals surface area contributed by atoms with Crippen LogP contribution in [0.1, 0.15) is 73.6 Å². The van der Waals surface area contributed by atoms with Crippen molar-refractivity contribution in [3.05, 3.63) is 34.9 Å². The van der Waals surface area contributed by atoms with Gasteiger partial charge in [0.1, 0.15) is 6.04 Å². The first-order valence-corrected chi connectivity index (χ1v) is 8.93. The molecule has 1 aliphatic rings. The van der Waals surface area contributed by atoms with E-state index in [1.54, 1.807) is 18.1 Å². The lowest BCUT2D eigenvalue weighted by Gasteiger charge is -2.34. The van der Waals surface area contributed by atoms with Crippen LogP contribution in [0, 0.1) is 5.41 Å². The molecule has 134 valence electrons. The highest BCUT2D eigenvalue weighted by atomic mass is 16.4. The average molecular weight is 332 g/mol. The molecule has 1 aliphatic carbocycles. The number of carboxylic acid groups (broad SMARTS) is 1. The van der Waals surface area contributed by atoms with Crippen LogP contribution in [0.4, 0.5) is 0 Å². The number of hydrogen-bond donors (Lipinski definition) is 1. The standard InChI is InChI=1S/C21H33NO2/c1-15(9-7-11-17(3)22-18(4)20(23)24)12-13-19-16(2)10-8-14-21(19,5)6/h7,9,11,18H,8,10,12-14H2,1-6H3,(H,23,24)/t18-/m0/s1. The molecule has 3 heteroatoms. The molecule has 0 aliphatic heterocycles. The monoisotopic (exact) mass is 331 g/mol. The van der Waals surface area contributed by atoms with Crippen LogP contribution in [-0.2, 0) is 4.79 Å². The van der Waals surface area contributed by atoms with Crippen molar-refractivity contribution in [3.8, 4) is 0 Å². The first-order valence-electron chi connectivity index (χ1n) is 8.93. The summed E-state index contributed by atoms with van der Waals surface area (Å²) in [5.74, 6) is -0.895. The van der Waals surface area contributed by atoms with Crippen molar-refractivity contribution in [3.63, 3.8) is 0 Å². The maximum Gasteiger partial charge on any atom is 0.328 e. The molecule has 0 unspecified atom stereocenters. The van der Waals surface area contributed by atoms with E-state index >= 15 is 0 Å². The number of hydrogen-bond acceptors (Lipinski definition) is 2. The zero-order valence-corrected chi connectivity index (χ0v) is 16.1. The Morgan fingerprint density at radius 2 is 2.04 bits per heavy atom. The SMILES string of the molecule is CC(=CC=CC(C)=N[C@@H](C)C(=O)O)CCC1=C(C)CCCC1(C)C. The minimum atomic E-state index is -0.895. The fourth-order valence-corrected chi connectivity index (χ4v) is 3.39. The van der Waals surface area contributed by atoms with E-state index < -0.39 is 12.0 Å². The zero-order valence-electron chi connectivity index (χ0n) is 16.1. The maximum atomic E-state index is 10.8. The number of aliphatic imine (C=N–C) groups is 1. The van der Waals surface area contributed by atoms with Crippen LogP contribution in [0.2, 0.25) is 0 Å². The van der Waals surface area contributed by atoms with E-state index in [9.17, 15) is 4.79 Å². The first-order chi connectivity index (χ1) is 11.1. The minimum absolute atomic E-state index is 0.342. The van der Waals surface area contributed by atoms with Crippen LogP contribution in [-0.4, -0.2) is 22.8 Å². The second kappa shape index (κ2) is 9.00. The number of rotatable bonds is 7. The molecule has 0 saturated heterocycles. The van der Waals surface area contributed by atoms with Crippen molar-refractivity contribution in [2.24, 2.45) is 10.4 Å². The van der Waals surface area contributed by atoms with Crippen LogP contribution in [0.15, 0.2) is 39.9 Å². The van der Waals surface area contributed by atoms with Gasteiger partial charge in [0.05, 0.1) is 0 Å². The zero-order chi connectivity index (χ0) is 18.3. The fourth-order valence-electron chi connectivity index (χ4n) is 3.39. The van der Waals surface area contributed by atoms with E-state index in [-0.39, 0.29) is 0 Å². The summed E-state index contributed by atoms with van der Waals surface area (Å²) in [6.45, 7) is 12.6. The van der Waals surface area contributed by atoms with Crippen molar-refractivity contribution < 1.29 is 9.90 Å². The topological polar surface area (TPSA) is 49.7 Å². The number of carbonyl (C=O) groups is 1. The molecule has 0 aromatic rings.